The maximum absolute atomic E-state index is 9.04. The van der Waals surface area contributed by atoms with Gasteiger partial charge in [-0.3, -0.25) is 0 Å². The van der Waals surface area contributed by atoms with E-state index >= 15 is 0 Å². The molecule has 0 aliphatic carbocycles. The molecule has 2 heteroatoms. The topological polar surface area (TPSA) is 20.2 Å². The van der Waals surface area contributed by atoms with Crippen LogP contribution < -0.4 is 0 Å². The summed E-state index contributed by atoms with van der Waals surface area (Å²) in [6.45, 7) is 3.53. The minimum atomic E-state index is 0. The van der Waals surface area contributed by atoms with Crippen LogP contribution in [0, 0.1) is 0 Å². The van der Waals surface area contributed by atoms with E-state index in [4.69, 9.17) is 5.11 Å². The van der Waals surface area contributed by atoms with Crippen LogP contribution in [0.25, 0.3) is 6.08 Å². The first-order valence-electron chi connectivity index (χ1n) is 2.75. The number of hydrogen-bond donors (Lipinski definition) is 1. The van der Waals surface area contributed by atoms with E-state index in [1.165, 1.54) is 0 Å². The molecule has 1 aromatic carbocycles. The molecule has 1 N–H and O–H groups in total. The molecule has 1 rings (SSSR count). The molecule has 1 nitrogen and oxygen atoms in total. The molecule has 0 spiro atoms. The van der Waals surface area contributed by atoms with E-state index in [0.29, 0.717) is 0 Å². The summed E-state index contributed by atoms with van der Waals surface area (Å²) >= 11 is 0. The van der Waals surface area contributed by atoms with E-state index in [9.17, 15) is 0 Å². The summed E-state index contributed by atoms with van der Waals surface area (Å²) in [6.07, 6.45) is 1.62. The number of aromatic hydroxyl groups is 1. The Morgan fingerprint density at radius 2 is 1.90 bits per heavy atom. The van der Waals surface area contributed by atoms with E-state index in [2.05, 4.69) is 6.58 Å². The second kappa shape index (κ2) is 4.56. The van der Waals surface area contributed by atoms with E-state index in [0.717, 1.165) is 5.56 Å². The summed E-state index contributed by atoms with van der Waals surface area (Å²) in [5, 5.41) is 9.04. The Bertz CT molecular complexity index is 220. The average molecular weight is 144 g/mol. The molecular weight excluding hydrogens is 135 g/mol. The summed E-state index contributed by atoms with van der Waals surface area (Å²) < 4.78 is 0. The van der Waals surface area contributed by atoms with Crippen molar-refractivity contribution in [2.45, 2.75) is 0 Å². The standard InChI is InChI=1S/C8H8O.Na.H/c1-2-7-5-3-4-6-8(7)9;;/h2-6,9H,1H2;;. The molecule has 0 aromatic heterocycles. The quantitative estimate of drug-likeness (QED) is 0.590. The Labute approximate surface area is 82.7 Å². The van der Waals surface area contributed by atoms with Crippen molar-refractivity contribution in [3.8, 4) is 5.75 Å². The van der Waals surface area contributed by atoms with Gasteiger partial charge in [-0.25, -0.2) is 0 Å². The molecule has 0 aliphatic rings. The third-order valence-electron chi connectivity index (χ3n) is 1.16. The Kier molecular flexibility index (Phi) is 4.45. The van der Waals surface area contributed by atoms with Crippen LogP contribution in [-0.2, 0) is 0 Å². The van der Waals surface area contributed by atoms with Gasteiger partial charge >= 0.3 is 29.6 Å². The van der Waals surface area contributed by atoms with Crippen LogP contribution in [0.2, 0.25) is 0 Å². The molecule has 0 heterocycles. The maximum atomic E-state index is 9.04. The van der Waals surface area contributed by atoms with Crippen LogP contribution in [0.3, 0.4) is 0 Å². The third kappa shape index (κ3) is 2.18. The van der Waals surface area contributed by atoms with Crippen molar-refractivity contribution in [3.05, 3.63) is 36.4 Å². The van der Waals surface area contributed by atoms with E-state index in [1.54, 1.807) is 18.2 Å². The molecular formula is C8H9NaO. The van der Waals surface area contributed by atoms with Crippen LogP contribution >= 0.6 is 0 Å². The molecule has 0 aliphatic heterocycles. The van der Waals surface area contributed by atoms with Crippen molar-refractivity contribution in [3.63, 3.8) is 0 Å². The zero-order chi connectivity index (χ0) is 6.69. The second-order valence-corrected chi connectivity index (χ2v) is 1.76. The average Bonchev–Trinajstić information content (AvgIpc) is 1.89. The van der Waals surface area contributed by atoms with Crippen molar-refractivity contribution < 1.29 is 5.11 Å². The van der Waals surface area contributed by atoms with Gasteiger partial charge in [-0.2, -0.15) is 0 Å². The van der Waals surface area contributed by atoms with Crippen LogP contribution in [0.4, 0.5) is 0 Å². The second-order valence-electron chi connectivity index (χ2n) is 1.76. The van der Waals surface area contributed by atoms with Crippen molar-refractivity contribution in [1.82, 2.24) is 0 Å². The van der Waals surface area contributed by atoms with Crippen LogP contribution in [0.1, 0.15) is 5.56 Å². The normalized spacial score (nSPS) is 8.00. The zero-order valence-electron chi connectivity index (χ0n) is 5.04. The van der Waals surface area contributed by atoms with Gasteiger partial charge in [0.05, 0.1) is 0 Å². The number of rotatable bonds is 1. The predicted octanol–water partition coefficient (Wildman–Crippen LogP) is 1.39. The Hall–Kier alpha value is -0.240. The first kappa shape index (κ1) is 9.76. The molecule has 10 heavy (non-hydrogen) atoms. The van der Waals surface area contributed by atoms with Gasteiger partial charge in [0, 0.05) is 5.56 Å². The number of phenolic OH excluding ortho intramolecular Hbond substituents is 1. The Balaban J connectivity index is 0.000000810. The first-order chi connectivity index (χ1) is 4.34. The Morgan fingerprint density at radius 1 is 1.30 bits per heavy atom. The van der Waals surface area contributed by atoms with Crippen LogP contribution in [0.5, 0.6) is 5.75 Å². The number of phenols is 1. The SMILES string of the molecule is C=Cc1ccccc1O.[NaH]. The van der Waals surface area contributed by atoms with Gasteiger partial charge in [-0.15, -0.1) is 0 Å². The van der Waals surface area contributed by atoms with Gasteiger partial charge in [-0.05, 0) is 6.07 Å². The summed E-state index contributed by atoms with van der Waals surface area (Å²) in [5.74, 6) is 0.285. The fourth-order valence-corrected chi connectivity index (χ4v) is 0.660. The molecule has 0 atom stereocenters. The van der Waals surface area contributed by atoms with E-state index < -0.39 is 0 Å². The fourth-order valence-electron chi connectivity index (χ4n) is 0.660. The van der Waals surface area contributed by atoms with Crippen molar-refractivity contribution in [2.75, 3.05) is 0 Å². The van der Waals surface area contributed by atoms with Gasteiger partial charge in [0.25, 0.3) is 0 Å². The molecule has 48 valence electrons. The molecule has 0 saturated heterocycles. The molecule has 0 fully saturated rings. The summed E-state index contributed by atoms with van der Waals surface area (Å²) in [4.78, 5) is 0. The molecule has 0 unspecified atom stereocenters. The number of benzene rings is 1. The van der Waals surface area contributed by atoms with Gasteiger partial charge in [0.1, 0.15) is 5.75 Å². The summed E-state index contributed by atoms with van der Waals surface area (Å²) in [6, 6.07) is 7.08. The molecule has 0 amide bonds. The van der Waals surface area contributed by atoms with Crippen LogP contribution in [0.15, 0.2) is 30.8 Å². The molecule has 0 radical (unpaired) electrons. The third-order valence-corrected chi connectivity index (χ3v) is 1.16. The van der Waals surface area contributed by atoms with Crippen molar-refractivity contribution in [1.29, 1.82) is 0 Å². The summed E-state index contributed by atoms with van der Waals surface area (Å²) in [5.41, 5.74) is 0.775. The van der Waals surface area contributed by atoms with Gasteiger partial charge in [0.2, 0.25) is 0 Å². The van der Waals surface area contributed by atoms with Crippen molar-refractivity contribution >= 4 is 35.6 Å². The first-order valence-corrected chi connectivity index (χ1v) is 2.75. The number of hydrogen-bond acceptors (Lipinski definition) is 1. The Morgan fingerprint density at radius 3 is 2.30 bits per heavy atom. The molecule has 0 bridgehead atoms. The fraction of sp³-hybridized carbons (Fsp3) is 0. The van der Waals surface area contributed by atoms with Gasteiger partial charge in [0.15, 0.2) is 0 Å². The zero-order valence-corrected chi connectivity index (χ0v) is 5.04. The molecule has 0 saturated carbocycles. The minimum absolute atomic E-state index is 0. The predicted molar refractivity (Wildman–Crippen MR) is 45.3 cm³/mol. The van der Waals surface area contributed by atoms with Crippen molar-refractivity contribution in [2.24, 2.45) is 0 Å². The summed E-state index contributed by atoms with van der Waals surface area (Å²) in [7, 11) is 0. The van der Waals surface area contributed by atoms with Gasteiger partial charge < -0.3 is 5.11 Å². The molecule has 1 aromatic rings. The van der Waals surface area contributed by atoms with E-state index in [-0.39, 0.29) is 35.3 Å². The number of para-hydroxylation sites is 1. The van der Waals surface area contributed by atoms with Gasteiger partial charge in [-0.1, -0.05) is 30.9 Å². The van der Waals surface area contributed by atoms with E-state index in [1.807, 2.05) is 12.1 Å². The van der Waals surface area contributed by atoms with Crippen LogP contribution in [-0.4, -0.2) is 34.7 Å². The monoisotopic (exact) mass is 144 g/mol.